The number of guanidine groups is 1. The molecule has 0 radical (unpaired) electrons. The van der Waals surface area contributed by atoms with Crippen LogP contribution in [0.2, 0.25) is 5.02 Å². The lowest BCUT2D eigenvalue weighted by Gasteiger charge is -2.13. The summed E-state index contributed by atoms with van der Waals surface area (Å²) in [7, 11) is 1.75. The molecule has 0 saturated heterocycles. The van der Waals surface area contributed by atoms with Crippen LogP contribution in [0.5, 0.6) is 0 Å². The van der Waals surface area contributed by atoms with E-state index in [1.54, 1.807) is 7.05 Å². The number of amides is 1. The normalized spacial score (nSPS) is 11.4. The van der Waals surface area contributed by atoms with Crippen LogP contribution >= 0.6 is 11.6 Å². The number of carbonyl (C=O) groups excluding carboxylic acids is 1. The minimum Gasteiger partial charge on any atom is -0.356 e. The van der Waals surface area contributed by atoms with Gasteiger partial charge in [-0.15, -0.1) is 0 Å². The molecule has 0 heterocycles. The predicted octanol–water partition coefficient (Wildman–Crippen LogP) is 3.84. The van der Waals surface area contributed by atoms with Crippen LogP contribution in [0.3, 0.4) is 0 Å². The molecule has 5 nitrogen and oxygen atoms in total. The van der Waals surface area contributed by atoms with Crippen molar-refractivity contribution in [1.29, 1.82) is 0 Å². The van der Waals surface area contributed by atoms with Crippen molar-refractivity contribution in [3.8, 4) is 0 Å². The average molecular weight is 387 g/mol. The molecule has 0 bridgehead atoms. The van der Waals surface area contributed by atoms with E-state index in [2.05, 4.69) is 20.9 Å². The Morgan fingerprint density at radius 2 is 1.63 bits per heavy atom. The first kappa shape index (κ1) is 20.8. The number of anilines is 1. The van der Waals surface area contributed by atoms with E-state index < -0.39 is 0 Å². The van der Waals surface area contributed by atoms with Crippen LogP contribution in [-0.4, -0.2) is 25.5 Å². The Hall–Kier alpha value is -2.53. The van der Waals surface area contributed by atoms with Crippen LogP contribution in [0.4, 0.5) is 5.69 Å². The molecule has 0 aliphatic rings. The maximum absolute atomic E-state index is 11.7. The summed E-state index contributed by atoms with van der Waals surface area (Å²) in [4.78, 5) is 16.0. The van der Waals surface area contributed by atoms with E-state index in [9.17, 15) is 4.79 Å². The van der Waals surface area contributed by atoms with Gasteiger partial charge in [0.25, 0.3) is 0 Å². The van der Waals surface area contributed by atoms with Crippen LogP contribution in [0.1, 0.15) is 25.0 Å². The Kier molecular flexibility index (Phi) is 8.14. The quantitative estimate of drug-likeness (QED) is 0.500. The summed E-state index contributed by atoms with van der Waals surface area (Å²) in [6.07, 6.45) is 0.891. The molecule has 0 fully saturated rings. The van der Waals surface area contributed by atoms with E-state index in [4.69, 9.17) is 11.6 Å². The zero-order chi connectivity index (χ0) is 19.6. The van der Waals surface area contributed by atoms with Crippen molar-refractivity contribution in [1.82, 2.24) is 10.6 Å². The Bertz CT molecular complexity index is 755. The van der Waals surface area contributed by atoms with Crippen LogP contribution in [0, 0.1) is 5.92 Å². The summed E-state index contributed by atoms with van der Waals surface area (Å²) < 4.78 is 0. The molecule has 144 valence electrons. The molecule has 0 aliphatic heterocycles. The molecule has 0 aliphatic carbocycles. The van der Waals surface area contributed by atoms with E-state index in [0.29, 0.717) is 6.54 Å². The smallest absolute Gasteiger partial charge is 0.226 e. The monoisotopic (exact) mass is 386 g/mol. The third-order valence-electron chi connectivity index (χ3n) is 4.05. The van der Waals surface area contributed by atoms with Crippen LogP contribution < -0.4 is 16.0 Å². The van der Waals surface area contributed by atoms with E-state index in [1.807, 2.05) is 62.4 Å². The minimum absolute atomic E-state index is 0.0196. The lowest BCUT2D eigenvalue weighted by molar-refractivity contribution is -0.118. The zero-order valence-corrected chi connectivity index (χ0v) is 16.8. The molecule has 0 atom stereocenters. The lowest BCUT2D eigenvalue weighted by atomic mass is 10.1. The van der Waals surface area contributed by atoms with Crippen LogP contribution in [-0.2, 0) is 17.8 Å². The van der Waals surface area contributed by atoms with Crippen molar-refractivity contribution in [3.63, 3.8) is 0 Å². The molecule has 0 spiro atoms. The fourth-order valence-electron chi connectivity index (χ4n) is 2.38. The van der Waals surface area contributed by atoms with Crippen molar-refractivity contribution in [2.75, 3.05) is 18.9 Å². The Balaban J connectivity index is 1.76. The molecule has 27 heavy (non-hydrogen) atoms. The van der Waals surface area contributed by atoms with Gasteiger partial charge in [0.05, 0.1) is 0 Å². The van der Waals surface area contributed by atoms with Crippen LogP contribution in [0.15, 0.2) is 53.5 Å². The van der Waals surface area contributed by atoms with Gasteiger partial charge in [0.2, 0.25) is 5.91 Å². The highest BCUT2D eigenvalue weighted by Crippen LogP contribution is 2.11. The Labute approximate surface area is 166 Å². The average Bonchev–Trinajstić information content (AvgIpc) is 2.67. The molecule has 1 amide bonds. The Morgan fingerprint density at radius 3 is 2.22 bits per heavy atom. The SMILES string of the molecule is CN=C(NCCc1ccc(Cl)cc1)NCc1ccc(NC(=O)C(C)C)cc1. The zero-order valence-electron chi connectivity index (χ0n) is 16.1. The first-order chi connectivity index (χ1) is 13.0. The largest absolute Gasteiger partial charge is 0.356 e. The molecule has 0 unspecified atom stereocenters. The standard InChI is InChI=1S/C21H27ClN4O/c1-15(2)20(27)26-19-10-6-17(7-11-19)14-25-21(23-3)24-13-12-16-4-8-18(22)9-5-16/h4-11,15H,12-14H2,1-3H3,(H,26,27)(H2,23,24,25). The summed E-state index contributed by atoms with van der Waals surface area (Å²) in [5.41, 5.74) is 3.14. The van der Waals surface area contributed by atoms with Crippen molar-refractivity contribution in [2.24, 2.45) is 10.9 Å². The summed E-state index contributed by atoms with van der Waals surface area (Å²) in [6.45, 7) is 5.18. The van der Waals surface area contributed by atoms with E-state index in [0.717, 1.165) is 35.2 Å². The van der Waals surface area contributed by atoms with Gasteiger partial charge in [-0.3, -0.25) is 9.79 Å². The van der Waals surface area contributed by atoms with Gasteiger partial charge in [0, 0.05) is 36.8 Å². The lowest BCUT2D eigenvalue weighted by Crippen LogP contribution is -2.37. The number of benzene rings is 2. The number of hydrogen-bond donors (Lipinski definition) is 3. The topological polar surface area (TPSA) is 65.5 Å². The highest BCUT2D eigenvalue weighted by molar-refractivity contribution is 6.30. The summed E-state index contributed by atoms with van der Waals surface area (Å²) in [5.74, 6) is 0.737. The second-order valence-corrected chi connectivity index (χ2v) is 7.01. The molecule has 0 saturated carbocycles. The van der Waals surface area contributed by atoms with Gasteiger partial charge >= 0.3 is 0 Å². The summed E-state index contributed by atoms with van der Waals surface area (Å²) >= 11 is 5.90. The van der Waals surface area contributed by atoms with Gasteiger partial charge in [-0.1, -0.05) is 49.7 Å². The number of carbonyl (C=O) groups is 1. The fourth-order valence-corrected chi connectivity index (χ4v) is 2.50. The number of nitrogens with zero attached hydrogens (tertiary/aromatic N) is 1. The van der Waals surface area contributed by atoms with Crippen molar-refractivity contribution in [2.45, 2.75) is 26.8 Å². The number of aliphatic imine (C=N–C) groups is 1. The first-order valence-electron chi connectivity index (χ1n) is 9.06. The van der Waals surface area contributed by atoms with Gasteiger partial charge in [-0.05, 0) is 41.8 Å². The van der Waals surface area contributed by atoms with Gasteiger partial charge in [-0.2, -0.15) is 0 Å². The fraction of sp³-hybridized carbons (Fsp3) is 0.333. The first-order valence-corrected chi connectivity index (χ1v) is 9.44. The number of rotatable bonds is 7. The molecule has 3 N–H and O–H groups in total. The molecule has 6 heteroatoms. The maximum atomic E-state index is 11.7. The van der Waals surface area contributed by atoms with Crippen molar-refractivity contribution < 1.29 is 4.79 Å². The number of nitrogens with one attached hydrogen (secondary N) is 3. The molecule has 2 rings (SSSR count). The second kappa shape index (κ2) is 10.6. The highest BCUT2D eigenvalue weighted by atomic mass is 35.5. The highest BCUT2D eigenvalue weighted by Gasteiger charge is 2.06. The van der Waals surface area contributed by atoms with Crippen LogP contribution in [0.25, 0.3) is 0 Å². The van der Waals surface area contributed by atoms with Crippen molar-refractivity contribution >= 4 is 29.2 Å². The molecule has 2 aromatic carbocycles. The van der Waals surface area contributed by atoms with Crippen molar-refractivity contribution in [3.05, 3.63) is 64.7 Å². The third kappa shape index (κ3) is 7.31. The van der Waals surface area contributed by atoms with E-state index in [1.165, 1.54) is 5.56 Å². The summed E-state index contributed by atoms with van der Waals surface area (Å²) in [6, 6.07) is 15.7. The second-order valence-electron chi connectivity index (χ2n) is 6.57. The maximum Gasteiger partial charge on any atom is 0.226 e. The third-order valence-corrected chi connectivity index (χ3v) is 4.30. The van der Waals surface area contributed by atoms with Gasteiger partial charge < -0.3 is 16.0 Å². The number of halogens is 1. The van der Waals surface area contributed by atoms with Gasteiger partial charge in [0.1, 0.15) is 0 Å². The number of hydrogen-bond acceptors (Lipinski definition) is 2. The van der Waals surface area contributed by atoms with Gasteiger partial charge in [-0.25, -0.2) is 0 Å². The van der Waals surface area contributed by atoms with E-state index >= 15 is 0 Å². The van der Waals surface area contributed by atoms with E-state index in [-0.39, 0.29) is 11.8 Å². The predicted molar refractivity (Wildman–Crippen MR) is 113 cm³/mol. The molecule has 0 aromatic heterocycles. The molecular weight excluding hydrogens is 360 g/mol. The summed E-state index contributed by atoms with van der Waals surface area (Å²) in [5, 5.41) is 10.2. The van der Waals surface area contributed by atoms with Gasteiger partial charge in [0.15, 0.2) is 5.96 Å². The molecule has 2 aromatic rings. The molecular formula is C21H27ClN4O. The minimum atomic E-state index is -0.0337. The Morgan fingerprint density at radius 1 is 1.00 bits per heavy atom.